The Kier molecular flexibility index (Phi) is 5.07. The van der Waals surface area contributed by atoms with Gasteiger partial charge in [0.1, 0.15) is 0 Å². The molecule has 2 aliphatic rings. The van der Waals surface area contributed by atoms with Crippen molar-refractivity contribution >= 4 is 0 Å². The van der Waals surface area contributed by atoms with Crippen LogP contribution in [0.4, 0.5) is 0 Å². The second kappa shape index (κ2) is 6.58. The molecule has 2 aliphatic heterocycles. The molecule has 1 N–H and O–H groups in total. The summed E-state index contributed by atoms with van der Waals surface area (Å²) in [5.41, 5.74) is 0. The highest BCUT2D eigenvalue weighted by molar-refractivity contribution is 4.76. The minimum Gasteiger partial charge on any atom is -0.381 e. The Labute approximate surface area is 99.5 Å². The number of ether oxygens (including phenoxy) is 1. The van der Waals surface area contributed by atoms with Crippen LogP contribution in [0.1, 0.15) is 38.5 Å². The van der Waals surface area contributed by atoms with Crippen molar-refractivity contribution in [3.8, 4) is 0 Å². The fraction of sp³-hybridized carbons (Fsp3) is 1.00. The van der Waals surface area contributed by atoms with Crippen molar-refractivity contribution in [3.05, 3.63) is 0 Å². The molecule has 0 radical (unpaired) electrons. The van der Waals surface area contributed by atoms with Gasteiger partial charge in [0.05, 0.1) is 6.10 Å². The Bertz CT molecular complexity index is 184. The summed E-state index contributed by atoms with van der Waals surface area (Å²) in [7, 11) is 1.84. The van der Waals surface area contributed by atoms with Crippen LogP contribution in [0.15, 0.2) is 0 Å². The van der Waals surface area contributed by atoms with Gasteiger partial charge in [0.15, 0.2) is 0 Å². The molecule has 94 valence electrons. The standard InChI is InChI=1S/C13H26N2O/c1-16-13-6-10-15(11-7-13)9-3-5-12-4-2-8-14-12/h12-14H,2-11H2,1H3. The van der Waals surface area contributed by atoms with E-state index in [-0.39, 0.29) is 0 Å². The third kappa shape index (κ3) is 3.72. The third-order valence-electron chi connectivity index (χ3n) is 4.06. The van der Waals surface area contributed by atoms with E-state index in [0.717, 1.165) is 6.04 Å². The van der Waals surface area contributed by atoms with Crippen LogP contribution in [0, 0.1) is 0 Å². The molecule has 1 unspecified atom stereocenters. The van der Waals surface area contributed by atoms with Gasteiger partial charge in [0.25, 0.3) is 0 Å². The molecule has 0 aliphatic carbocycles. The van der Waals surface area contributed by atoms with Crippen LogP contribution in [-0.2, 0) is 4.74 Å². The van der Waals surface area contributed by atoms with Gasteiger partial charge in [-0.2, -0.15) is 0 Å². The second-order valence-electron chi connectivity index (χ2n) is 5.21. The smallest absolute Gasteiger partial charge is 0.0595 e. The van der Waals surface area contributed by atoms with Gasteiger partial charge in [-0.15, -0.1) is 0 Å². The molecule has 1 atom stereocenters. The van der Waals surface area contributed by atoms with E-state index in [9.17, 15) is 0 Å². The van der Waals surface area contributed by atoms with E-state index < -0.39 is 0 Å². The van der Waals surface area contributed by atoms with Crippen LogP contribution >= 0.6 is 0 Å². The summed E-state index contributed by atoms with van der Waals surface area (Å²) < 4.78 is 5.39. The zero-order valence-corrected chi connectivity index (χ0v) is 10.6. The number of hydrogen-bond acceptors (Lipinski definition) is 3. The summed E-state index contributed by atoms with van der Waals surface area (Å²) in [4.78, 5) is 2.60. The molecule has 2 saturated heterocycles. The molecular weight excluding hydrogens is 200 g/mol. The highest BCUT2D eigenvalue weighted by Gasteiger charge is 2.19. The minimum atomic E-state index is 0.521. The highest BCUT2D eigenvalue weighted by Crippen LogP contribution is 2.15. The maximum Gasteiger partial charge on any atom is 0.0595 e. The van der Waals surface area contributed by atoms with E-state index in [2.05, 4.69) is 10.2 Å². The maximum absolute atomic E-state index is 5.39. The fourth-order valence-corrected chi connectivity index (χ4v) is 2.93. The summed E-state index contributed by atoms with van der Waals surface area (Å²) in [5.74, 6) is 0. The van der Waals surface area contributed by atoms with Crippen LogP contribution in [-0.4, -0.2) is 50.3 Å². The van der Waals surface area contributed by atoms with Crippen molar-refractivity contribution in [2.24, 2.45) is 0 Å². The average molecular weight is 226 g/mol. The van der Waals surface area contributed by atoms with Crippen molar-refractivity contribution in [3.63, 3.8) is 0 Å². The zero-order valence-electron chi connectivity index (χ0n) is 10.6. The minimum absolute atomic E-state index is 0.521. The lowest BCUT2D eigenvalue weighted by molar-refractivity contribution is 0.0405. The number of methoxy groups -OCH3 is 1. The molecule has 2 heterocycles. The van der Waals surface area contributed by atoms with Crippen molar-refractivity contribution < 1.29 is 4.74 Å². The Morgan fingerprint density at radius 1 is 1.25 bits per heavy atom. The van der Waals surface area contributed by atoms with Crippen LogP contribution in [0.25, 0.3) is 0 Å². The Morgan fingerprint density at radius 2 is 2.06 bits per heavy atom. The van der Waals surface area contributed by atoms with Crippen molar-refractivity contribution in [2.75, 3.05) is 33.3 Å². The van der Waals surface area contributed by atoms with Crippen LogP contribution < -0.4 is 5.32 Å². The van der Waals surface area contributed by atoms with Gasteiger partial charge in [-0.05, 0) is 51.6 Å². The molecule has 0 aromatic heterocycles. The van der Waals surface area contributed by atoms with Crippen molar-refractivity contribution in [2.45, 2.75) is 50.7 Å². The Morgan fingerprint density at radius 3 is 2.69 bits per heavy atom. The molecule has 0 saturated carbocycles. The van der Waals surface area contributed by atoms with Gasteiger partial charge in [0, 0.05) is 26.2 Å². The number of nitrogens with one attached hydrogen (secondary N) is 1. The molecule has 0 spiro atoms. The number of rotatable bonds is 5. The first-order chi connectivity index (χ1) is 7.88. The van der Waals surface area contributed by atoms with Crippen molar-refractivity contribution in [1.82, 2.24) is 10.2 Å². The summed E-state index contributed by atoms with van der Waals surface area (Å²) >= 11 is 0. The molecule has 2 fully saturated rings. The first-order valence-corrected chi connectivity index (χ1v) is 6.87. The monoisotopic (exact) mass is 226 g/mol. The summed E-state index contributed by atoms with van der Waals surface area (Å²) in [6.45, 7) is 4.99. The van der Waals surface area contributed by atoms with E-state index >= 15 is 0 Å². The van der Waals surface area contributed by atoms with Gasteiger partial charge in [-0.1, -0.05) is 0 Å². The van der Waals surface area contributed by atoms with Crippen LogP contribution in [0.3, 0.4) is 0 Å². The molecular formula is C13H26N2O. The largest absolute Gasteiger partial charge is 0.381 e. The van der Waals surface area contributed by atoms with Crippen LogP contribution in [0.2, 0.25) is 0 Å². The van der Waals surface area contributed by atoms with E-state index in [1.165, 1.54) is 64.7 Å². The average Bonchev–Trinajstić information content (AvgIpc) is 2.83. The normalized spacial score (nSPS) is 28.7. The Hall–Kier alpha value is -0.120. The summed E-state index contributed by atoms with van der Waals surface area (Å²) in [6, 6.07) is 0.816. The second-order valence-corrected chi connectivity index (χ2v) is 5.21. The molecule has 3 heteroatoms. The topological polar surface area (TPSA) is 24.5 Å². The fourth-order valence-electron chi connectivity index (χ4n) is 2.93. The number of hydrogen-bond donors (Lipinski definition) is 1. The number of likely N-dealkylation sites (tertiary alicyclic amines) is 1. The van der Waals surface area contributed by atoms with Gasteiger partial charge in [-0.25, -0.2) is 0 Å². The van der Waals surface area contributed by atoms with Gasteiger partial charge in [-0.3, -0.25) is 0 Å². The predicted molar refractivity (Wildman–Crippen MR) is 66.7 cm³/mol. The quantitative estimate of drug-likeness (QED) is 0.771. The lowest BCUT2D eigenvalue weighted by Gasteiger charge is -2.31. The lowest BCUT2D eigenvalue weighted by Crippen LogP contribution is -2.37. The van der Waals surface area contributed by atoms with Crippen molar-refractivity contribution in [1.29, 1.82) is 0 Å². The molecule has 0 aromatic carbocycles. The zero-order chi connectivity index (χ0) is 11.2. The van der Waals surface area contributed by atoms with Gasteiger partial charge in [0.2, 0.25) is 0 Å². The van der Waals surface area contributed by atoms with E-state index in [4.69, 9.17) is 4.74 Å². The predicted octanol–water partition coefficient (Wildman–Crippen LogP) is 1.63. The summed E-state index contributed by atoms with van der Waals surface area (Å²) in [5, 5.41) is 3.57. The number of nitrogens with zero attached hydrogens (tertiary/aromatic N) is 1. The van der Waals surface area contributed by atoms with E-state index in [1.54, 1.807) is 0 Å². The first kappa shape index (κ1) is 12.3. The molecule has 0 aromatic rings. The molecule has 0 amide bonds. The van der Waals surface area contributed by atoms with E-state index in [0.29, 0.717) is 6.10 Å². The summed E-state index contributed by atoms with van der Waals surface area (Å²) in [6.07, 6.45) is 8.46. The molecule has 2 rings (SSSR count). The Balaban J connectivity index is 1.53. The van der Waals surface area contributed by atoms with Gasteiger partial charge < -0.3 is 15.0 Å². The lowest BCUT2D eigenvalue weighted by atomic mass is 10.1. The number of piperidine rings is 1. The highest BCUT2D eigenvalue weighted by atomic mass is 16.5. The SMILES string of the molecule is COC1CCN(CCCC2CCCN2)CC1. The molecule has 16 heavy (non-hydrogen) atoms. The van der Waals surface area contributed by atoms with Gasteiger partial charge >= 0.3 is 0 Å². The first-order valence-electron chi connectivity index (χ1n) is 6.87. The third-order valence-corrected chi connectivity index (χ3v) is 4.06. The van der Waals surface area contributed by atoms with E-state index in [1.807, 2.05) is 7.11 Å². The van der Waals surface area contributed by atoms with Crippen LogP contribution in [0.5, 0.6) is 0 Å². The molecule has 3 nitrogen and oxygen atoms in total. The maximum atomic E-state index is 5.39. The molecule has 0 bridgehead atoms.